The summed E-state index contributed by atoms with van der Waals surface area (Å²) in [6, 6.07) is 0. The lowest BCUT2D eigenvalue weighted by atomic mass is 9.97. The molecule has 0 unspecified atom stereocenters. The minimum atomic E-state index is -0.419. The van der Waals surface area contributed by atoms with Crippen molar-refractivity contribution >= 4 is 39.0 Å². The van der Waals surface area contributed by atoms with Crippen LogP contribution < -0.4 is 11.0 Å². The third kappa shape index (κ3) is 2.69. The van der Waals surface area contributed by atoms with Crippen LogP contribution in [0, 0.1) is 10.4 Å². The molecule has 0 bridgehead atoms. The lowest BCUT2D eigenvalue weighted by molar-refractivity contribution is -0.377. The maximum atomic E-state index is 13.2. The highest BCUT2D eigenvalue weighted by Gasteiger charge is 2.25. The second-order valence-corrected chi connectivity index (χ2v) is 8.64. The molecule has 2 aromatic heterocycles. The number of thiophene rings is 1. The van der Waals surface area contributed by atoms with Crippen molar-refractivity contribution in [3.63, 3.8) is 0 Å². The minimum Gasteiger partial charge on any atom is -0.612 e. The van der Waals surface area contributed by atoms with E-state index in [-0.39, 0.29) is 11.3 Å². The molecule has 2 aromatic rings. The van der Waals surface area contributed by atoms with Gasteiger partial charge in [-0.25, -0.2) is 4.98 Å². The van der Waals surface area contributed by atoms with Gasteiger partial charge in [0.1, 0.15) is 4.83 Å². The van der Waals surface area contributed by atoms with E-state index < -0.39 is 4.90 Å². The molecule has 3 heterocycles. The number of aryl methyl sites for hydroxylation is 2. The SMILES string of the molecule is O=c1c2c3c(sc2nc2n1NC(=C1C=CC(=[N+]([O-])[O-])C=C1)CS2)CCCC3. The van der Waals surface area contributed by atoms with Gasteiger partial charge in [0.2, 0.25) is 5.71 Å². The molecule has 0 radical (unpaired) electrons. The zero-order valence-corrected chi connectivity index (χ0v) is 15.9. The number of hydrogen-bond acceptors (Lipinski definition) is 7. The van der Waals surface area contributed by atoms with Crippen LogP contribution in [0.5, 0.6) is 0 Å². The molecule has 1 N–H and O–H groups in total. The predicted octanol–water partition coefficient (Wildman–Crippen LogP) is 2.82. The van der Waals surface area contributed by atoms with E-state index in [9.17, 15) is 15.2 Å². The van der Waals surface area contributed by atoms with E-state index >= 15 is 0 Å². The number of allylic oxidation sites excluding steroid dienone is 5. The Morgan fingerprint density at radius 1 is 1.15 bits per heavy atom. The molecule has 0 fully saturated rings. The first-order chi connectivity index (χ1) is 13.1. The third-order valence-electron chi connectivity index (χ3n) is 4.98. The van der Waals surface area contributed by atoms with Crippen molar-refractivity contribution in [3.8, 4) is 0 Å². The number of fused-ring (bicyclic) bond motifs is 4. The maximum absolute atomic E-state index is 13.2. The zero-order valence-electron chi connectivity index (χ0n) is 14.2. The number of hydrogen-bond donors (Lipinski definition) is 1. The van der Waals surface area contributed by atoms with E-state index in [1.54, 1.807) is 23.5 Å². The summed E-state index contributed by atoms with van der Waals surface area (Å²) in [5.74, 6) is 0.626. The van der Waals surface area contributed by atoms with E-state index in [1.807, 2.05) is 0 Å². The summed E-state index contributed by atoms with van der Waals surface area (Å²) >= 11 is 3.15. The normalized spacial score (nSPS) is 18.4. The molecule has 27 heavy (non-hydrogen) atoms. The number of nitrogens with one attached hydrogen (secondary N) is 1. The molecule has 2 aliphatic carbocycles. The van der Waals surface area contributed by atoms with Gasteiger partial charge in [0.05, 0.1) is 5.39 Å². The first-order valence-corrected chi connectivity index (χ1v) is 10.5. The Balaban J connectivity index is 1.59. The lowest BCUT2D eigenvalue weighted by Gasteiger charge is -2.23. The predicted molar refractivity (Wildman–Crippen MR) is 108 cm³/mol. The monoisotopic (exact) mass is 399 g/mol. The average Bonchev–Trinajstić information content (AvgIpc) is 3.06. The van der Waals surface area contributed by atoms with Crippen LogP contribution in [0.25, 0.3) is 10.2 Å². The van der Waals surface area contributed by atoms with Crippen LogP contribution in [0.1, 0.15) is 23.3 Å². The van der Waals surface area contributed by atoms with Gasteiger partial charge in [-0.05, 0) is 49.0 Å². The standard InChI is InChI=1S/C18H15N4O3S2/c23-17-15-12-3-1-2-4-14(12)27-16(15)19-18-21(17)20-13(9-26-18)10-5-7-11(8-6-10)22(24)25/h5-8,20H,1-4,9H2/q-1. The van der Waals surface area contributed by atoms with Gasteiger partial charge in [-0.1, -0.05) is 11.8 Å². The summed E-state index contributed by atoms with van der Waals surface area (Å²) in [5.41, 5.74) is 6.03. The summed E-state index contributed by atoms with van der Waals surface area (Å²) in [4.78, 5) is 19.6. The van der Waals surface area contributed by atoms with E-state index in [0.717, 1.165) is 40.7 Å². The maximum Gasteiger partial charge on any atom is 0.282 e. The highest BCUT2D eigenvalue weighted by atomic mass is 32.2. The first kappa shape index (κ1) is 16.6. The highest BCUT2D eigenvalue weighted by Crippen LogP contribution is 2.35. The van der Waals surface area contributed by atoms with Crippen molar-refractivity contribution < 1.29 is 4.90 Å². The van der Waals surface area contributed by atoms with Crippen LogP contribution in [-0.2, 0) is 12.8 Å². The van der Waals surface area contributed by atoms with E-state index in [0.29, 0.717) is 10.9 Å². The molecule has 1 aliphatic heterocycles. The summed E-state index contributed by atoms with van der Waals surface area (Å²) in [6.07, 6.45) is 10.6. The van der Waals surface area contributed by atoms with Crippen molar-refractivity contribution in [1.82, 2.24) is 9.66 Å². The van der Waals surface area contributed by atoms with Gasteiger partial charge < -0.3 is 10.4 Å². The molecular weight excluding hydrogens is 384 g/mol. The van der Waals surface area contributed by atoms with Crippen molar-refractivity contribution in [3.05, 3.63) is 66.8 Å². The fourth-order valence-corrected chi connectivity index (χ4v) is 5.85. The molecule has 0 amide bonds. The number of rotatable bonds is 0. The molecule has 0 aromatic carbocycles. The van der Waals surface area contributed by atoms with Crippen LogP contribution in [0.15, 0.2) is 45.5 Å². The Morgan fingerprint density at radius 3 is 2.70 bits per heavy atom. The summed E-state index contributed by atoms with van der Waals surface area (Å²) in [6.45, 7) is 0. The largest absolute Gasteiger partial charge is 0.612 e. The van der Waals surface area contributed by atoms with Gasteiger partial charge in [-0.15, -0.1) is 11.3 Å². The van der Waals surface area contributed by atoms with Crippen molar-refractivity contribution in [2.45, 2.75) is 30.8 Å². The van der Waals surface area contributed by atoms with Crippen LogP contribution >= 0.6 is 23.1 Å². The molecule has 7 nitrogen and oxygen atoms in total. The molecule has 138 valence electrons. The molecule has 3 aliphatic rings. The Morgan fingerprint density at radius 2 is 1.93 bits per heavy atom. The van der Waals surface area contributed by atoms with E-state index in [4.69, 9.17) is 4.98 Å². The Bertz CT molecular complexity index is 1130. The molecular formula is C18H15N4O3S2-. The van der Waals surface area contributed by atoms with Crippen LogP contribution in [0.4, 0.5) is 0 Å². The quantitative estimate of drug-likeness (QED) is 0.416. The summed E-state index contributed by atoms with van der Waals surface area (Å²) in [5, 5.41) is 23.1. The van der Waals surface area contributed by atoms with Gasteiger partial charge in [0.25, 0.3) is 5.56 Å². The van der Waals surface area contributed by atoms with Crippen LogP contribution in [0.2, 0.25) is 0 Å². The molecule has 0 saturated carbocycles. The Hall–Kier alpha value is -2.52. The van der Waals surface area contributed by atoms with Gasteiger partial charge in [0.15, 0.2) is 5.16 Å². The molecule has 0 atom stereocenters. The second-order valence-electron chi connectivity index (χ2n) is 6.61. The lowest BCUT2D eigenvalue weighted by Crippen LogP contribution is -2.35. The zero-order chi connectivity index (χ0) is 18.5. The number of thioether (sulfide) groups is 1. The smallest absolute Gasteiger partial charge is 0.282 e. The third-order valence-corrected chi connectivity index (χ3v) is 7.13. The summed E-state index contributed by atoms with van der Waals surface area (Å²) < 4.78 is 1.52. The van der Waals surface area contributed by atoms with E-state index in [2.05, 4.69) is 5.43 Å². The molecule has 0 saturated heterocycles. The second kappa shape index (κ2) is 6.28. The Labute approximate surface area is 162 Å². The van der Waals surface area contributed by atoms with E-state index in [1.165, 1.54) is 45.5 Å². The van der Waals surface area contributed by atoms with Gasteiger partial charge in [-0.3, -0.25) is 10.2 Å². The van der Waals surface area contributed by atoms with Crippen LogP contribution in [-0.4, -0.2) is 26.0 Å². The fourth-order valence-electron chi connectivity index (χ4n) is 3.62. The average molecular weight is 399 g/mol. The number of aromatic nitrogens is 2. The van der Waals surface area contributed by atoms with Crippen molar-refractivity contribution in [1.29, 1.82) is 0 Å². The van der Waals surface area contributed by atoms with Crippen molar-refractivity contribution in [2.24, 2.45) is 0 Å². The van der Waals surface area contributed by atoms with Gasteiger partial charge >= 0.3 is 0 Å². The summed E-state index contributed by atoms with van der Waals surface area (Å²) in [7, 11) is 0. The van der Waals surface area contributed by atoms with Gasteiger partial charge in [0, 0.05) is 28.5 Å². The Kier molecular flexibility index (Phi) is 3.87. The molecule has 0 spiro atoms. The topological polar surface area (TPSA) is 96.0 Å². The fraction of sp³-hybridized carbons (Fsp3) is 0.278. The van der Waals surface area contributed by atoms with Crippen molar-refractivity contribution in [2.75, 3.05) is 11.2 Å². The van der Waals surface area contributed by atoms with Gasteiger partial charge in [-0.2, -0.15) is 9.58 Å². The minimum absolute atomic E-state index is 0.0497. The van der Waals surface area contributed by atoms with Crippen LogP contribution in [0.3, 0.4) is 0 Å². The first-order valence-electron chi connectivity index (χ1n) is 8.69. The molecule has 9 heteroatoms. The molecule has 5 rings (SSSR count). The highest BCUT2D eigenvalue weighted by molar-refractivity contribution is 7.99. The number of nitrogens with zero attached hydrogens (tertiary/aromatic N) is 3.